The molecule has 8 heteroatoms. The van der Waals surface area contributed by atoms with Gasteiger partial charge in [-0.3, -0.25) is 14.5 Å². The highest BCUT2D eigenvalue weighted by Crippen LogP contribution is 2.29. The zero-order chi connectivity index (χ0) is 22.7. The second-order valence-electron chi connectivity index (χ2n) is 8.00. The summed E-state index contributed by atoms with van der Waals surface area (Å²) in [5.74, 6) is 1.21. The Balaban J connectivity index is 0.00000306. The third-order valence-electron chi connectivity index (χ3n) is 5.50. The lowest BCUT2D eigenvalue weighted by Gasteiger charge is -2.18. The monoisotopic (exact) mass is 466 g/mol. The van der Waals surface area contributed by atoms with Gasteiger partial charge in [0.25, 0.3) is 0 Å². The lowest BCUT2D eigenvalue weighted by Crippen LogP contribution is -2.26. The van der Waals surface area contributed by atoms with Gasteiger partial charge in [0.15, 0.2) is 0 Å². The summed E-state index contributed by atoms with van der Waals surface area (Å²) in [6.45, 7) is 1.42. The SMILES string of the molecule is COc1ccc(CN(C)C(=O)C=Cc2cnc3c(c2)CN(C)CC(=O)N3)c2ccccc12.Cl. The number of pyridine rings is 1. The zero-order valence-corrected chi connectivity index (χ0v) is 19.7. The van der Waals surface area contributed by atoms with Crippen LogP contribution in [0, 0.1) is 0 Å². The second-order valence-corrected chi connectivity index (χ2v) is 8.00. The Bertz CT molecular complexity index is 1210. The Hall–Kier alpha value is -3.42. The highest BCUT2D eigenvalue weighted by atomic mass is 35.5. The normalized spacial score (nSPS) is 13.7. The van der Waals surface area contributed by atoms with E-state index in [-0.39, 0.29) is 24.2 Å². The summed E-state index contributed by atoms with van der Waals surface area (Å²) in [4.78, 5) is 32.5. The number of halogens is 1. The molecule has 0 spiro atoms. The molecule has 1 N–H and O–H groups in total. The highest BCUT2D eigenvalue weighted by molar-refractivity contribution is 5.94. The van der Waals surface area contributed by atoms with Crippen LogP contribution in [-0.4, -0.2) is 54.3 Å². The van der Waals surface area contributed by atoms with Gasteiger partial charge >= 0.3 is 0 Å². The van der Waals surface area contributed by atoms with Crippen molar-refractivity contribution in [3.05, 3.63) is 71.4 Å². The quantitative estimate of drug-likeness (QED) is 0.580. The van der Waals surface area contributed by atoms with Gasteiger partial charge in [-0.25, -0.2) is 4.98 Å². The zero-order valence-electron chi connectivity index (χ0n) is 18.9. The average molecular weight is 467 g/mol. The number of ether oxygens (including phenoxy) is 1. The van der Waals surface area contributed by atoms with Gasteiger partial charge in [0.2, 0.25) is 11.8 Å². The number of methoxy groups -OCH3 is 1. The van der Waals surface area contributed by atoms with Gasteiger partial charge in [0, 0.05) is 43.4 Å². The van der Waals surface area contributed by atoms with Gasteiger partial charge in [0.1, 0.15) is 11.6 Å². The van der Waals surface area contributed by atoms with Gasteiger partial charge in [-0.2, -0.15) is 0 Å². The van der Waals surface area contributed by atoms with Gasteiger partial charge in [-0.05, 0) is 41.8 Å². The summed E-state index contributed by atoms with van der Waals surface area (Å²) in [6.07, 6.45) is 4.96. The van der Waals surface area contributed by atoms with Crippen molar-refractivity contribution >= 4 is 46.9 Å². The molecule has 2 heterocycles. The fraction of sp³-hybridized carbons (Fsp3) is 0.240. The van der Waals surface area contributed by atoms with E-state index in [1.165, 1.54) is 0 Å². The number of carbonyl (C=O) groups is 2. The summed E-state index contributed by atoms with van der Waals surface area (Å²) >= 11 is 0. The number of carbonyl (C=O) groups excluding carboxylic acids is 2. The van der Waals surface area contributed by atoms with E-state index in [4.69, 9.17) is 4.74 Å². The molecule has 2 amide bonds. The van der Waals surface area contributed by atoms with Crippen molar-refractivity contribution in [1.82, 2.24) is 14.8 Å². The average Bonchev–Trinajstić information content (AvgIpc) is 2.93. The standard InChI is InChI=1S/C25H26N4O3.ClH/c1-28-14-19-12-17(13-26-25(19)27-23(30)16-28)8-11-24(31)29(2)15-18-9-10-22(32-3)21-7-5-4-6-20(18)21;/h4-13H,14-16H2,1-3H3,(H,26,27,30);1H. The van der Waals surface area contributed by atoms with E-state index in [0.717, 1.165) is 33.2 Å². The minimum Gasteiger partial charge on any atom is -0.496 e. The van der Waals surface area contributed by atoms with Crippen molar-refractivity contribution < 1.29 is 14.3 Å². The number of aromatic nitrogens is 1. The molecule has 0 unspecified atom stereocenters. The molecule has 1 aliphatic heterocycles. The number of nitrogens with zero attached hydrogens (tertiary/aromatic N) is 3. The summed E-state index contributed by atoms with van der Waals surface area (Å²) in [5, 5.41) is 4.90. The predicted octanol–water partition coefficient (Wildman–Crippen LogP) is 3.72. The highest BCUT2D eigenvalue weighted by Gasteiger charge is 2.17. The van der Waals surface area contributed by atoms with Crippen LogP contribution in [0.25, 0.3) is 16.8 Å². The molecule has 172 valence electrons. The number of amides is 2. The molecular formula is C25H27ClN4O3. The summed E-state index contributed by atoms with van der Waals surface area (Å²) in [7, 11) is 5.33. The maximum Gasteiger partial charge on any atom is 0.246 e. The molecule has 0 saturated heterocycles. The fourth-order valence-corrected chi connectivity index (χ4v) is 3.89. The minimum absolute atomic E-state index is 0. The molecular weight excluding hydrogens is 440 g/mol. The number of nitrogens with one attached hydrogen (secondary N) is 1. The smallest absolute Gasteiger partial charge is 0.246 e. The van der Waals surface area contributed by atoms with Crippen LogP contribution in [0.2, 0.25) is 0 Å². The first-order valence-electron chi connectivity index (χ1n) is 10.4. The molecule has 0 radical (unpaired) electrons. The molecule has 7 nitrogen and oxygen atoms in total. The van der Waals surface area contributed by atoms with Gasteiger partial charge in [0.05, 0.1) is 13.7 Å². The van der Waals surface area contributed by atoms with Gasteiger partial charge in [-0.15, -0.1) is 12.4 Å². The van der Waals surface area contributed by atoms with E-state index in [1.54, 1.807) is 37.4 Å². The van der Waals surface area contributed by atoms with E-state index < -0.39 is 0 Å². The van der Waals surface area contributed by atoms with E-state index in [1.807, 2.05) is 54.4 Å². The van der Waals surface area contributed by atoms with E-state index in [2.05, 4.69) is 10.3 Å². The fourth-order valence-electron chi connectivity index (χ4n) is 3.89. The first kappa shape index (κ1) is 24.2. The third-order valence-corrected chi connectivity index (χ3v) is 5.50. The number of rotatable bonds is 5. The molecule has 0 fully saturated rings. The number of hydrogen-bond acceptors (Lipinski definition) is 5. The van der Waals surface area contributed by atoms with Crippen molar-refractivity contribution in [2.24, 2.45) is 0 Å². The summed E-state index contributed by atoms with van der Waals surface area (Å²) in [6, 6.07) is 13.9. The van der Waals surface area contributed by atoms with Crippen molar-refractivity contribution in [1.29, 1.82) is 0 Å². The van der Waals surface area contributed by atoms with Crippen molar-refractivity contribution in [2.45, 2.75) is 13.1 Å². The Morgan fingerprint density at radius 1 is 1.21 bits per heavy atom. The molecule has 0 atom stereocenters. The minimum atomic E-state index is -0.106. The van der Waals surface area contributed by atoms with Crippen LogP contribution in [0.15, 0.2) is 54.7 Å². The van der Waals surface area contributed by atoms with E-state index in [9.17, 15) is 9.59 Å². The number of hydrogen-bond donors (Lipinski definition) is 1. The number of likely N-dealkylation sites (N-methyl/N-ethyl adjacent to an activating group) is 2. The molecule has 1 aliphatic rings. The van der Waals surface area contributed by atoms with Crippen molar-refractivity contribution in [2.75, 3.05) is 33.1 Å². The molecule has 3 aromatic rings. The first-order valence-corrected chi connectivity index (χ1v) is 10.4. The van der Waals surface area contributed by atoms with E-state index >= 15 is 0 Å². The number of anilines is 1. The Labute approximate surface area is 199 Å². The molecule has 1 aromatic heterocycles. The Morgan fingerprint density at radius 2 is 1.97 bits per heavy atom. The van der Waals surface area contributed by atoms with Gasteiger partial charge < -0.3 is 15.0 Å². The Morgan fingerprint density at radius 3 is 2.73 bits per heavy atom. The van der Waals surface area contributed by atoms with Crippen LogP contribution in [-0.2, 0) is 22.7 Å². The van der Waals surface area contributed by atoms with Crippen molar-refractivity contribution in [3.8, 4) is 5.75 Å². The summed E-state index contributed by atoms with van der Waals surface area (Å²) < 4.78 is 5.46. The predicted molar refractivity (Wildman–Crippen MR) is 132 cm³/mol. The first-order chi connectivity index (χ1) is 15.4. The largest absolute Gasteiger partial charge is 0.496 e. The lowest BCUT2D eigenvalue weighted by atomic mass is 10.0. The third kappa shape index (κ3) is 5.50. The number of benzene rings is 2. The topological polar surface area (TPSA) is 74.8 Å². The van der Waals surface area contributed by atoms with Crippen LogP contribution >= 0.6 is 12.4 Å². The molecule has 2 aromatic carbocycles. The lowest BCUT2D eigenvalue weighted by molar-refractivity contribution is -0.125. The molecule has 0 bridgehead atoms. The van der Waals surface area contributed by atoms with Crippen LogP contribution in [0.4, 0.5) is 5.82 Å². The molecule has 0 saturated carbocycles. The van der Waals surface area contributed by atoms with E-state index in [0.29, 0.717) is 25.5 Å². The van der Waals surface area contributed by atoms with Gasteiger partial charge in [-0.1, -0.05) is 30.3 Å². The van der Waals surface area contributed by atoms with Crippen LogP contribution < -0.4 is 10.1 Å². The van der Waals surface area contributed by atoms with Crippen LogP contribution in [0.1, 0.15) is 16.7 Å². The van der Waals surface area contributed by atoms with Crippen molar-refractivity contribution in [3.63, 3.8) is 0 Å². The number of fused-ring (bicyclic) bond motifs is 2. The van der Waals surface area contributed by atoms with Crippen LogP contribution in [0.5, 0.6) is 5.75 Å². The Kier molecular flexibility index (Phi) is 7.68. The molecule has 33 heavy (non-hydrogen) atoms. The summed E-state index contributed by atoms with van der Waals surface area (Å²) in [5.41, 5.74) is 2.78. The second kappa shape index (κ2) is 10.5. The maximum absolute atomic E-state index is 12.7. The van der Waals surface area contributed by atoms with Crippen LogP contribution in [0.3, 0.4) is 0 Å². The molecule has 4 rings (SSSR count). The maximum atomic E-state index is 12.7. The molecule has 0 aliphatic carbocycles.